The molecule has 2 aliphatic heterocycles. The lowest BCUT2D eigenvalue weighted by atomic mass is 9.78. The molecule has 88 heavy (non-hydrogen) atoms. The van der Waals surface area contributed by atoms with Gasteiger partial charge in [-0.1, -0.05) is 189 Å². The zero-order chi connectivity index (χ0) is 59.6. The van der Waals surface area contributed by atoms with Crippen LogP contribution in [0.15, 0.2) is 258 Å². The molecule has 0 saturated carbocycles. The molecule has 16 aromatic rings. The van der Waals surface area contributed by atoms with Crippen molar-refractivity contribution in [2.24, 2.45) is 0 Å². The fraction of sp³-hybridized carbons (Fsp3) is 0.0789. The van der Waals surface area contributed by atoms with Gasteiger partial charge in [0.25, 0.3) is 0 Å². The molecule has 424 valence electrons. The first kappa shape index (κ1) is 54.0. The van der Waals surface area contributed by atoms with Gasteiger partial charge in [0.15, 0.2) is 0 Å². The van der Waals surface area contributed by atoms with Crippen molar-refractivity contribution in [2.75, 3.05) is 0 Å². The van der Waals surface area contributed by atoms with Gasteiger partial charge in [0.2, 0.25) is 0 Å². The average molecular weight is 1240 g/mol. The van der Waals surface area contributed by atoms with Gasteiger partial charge in [-0.15, -0.1) is 22.7 Å². The molecule has 0 atom stereocenters. The molecule has 0 spiro atoms. The normalized spacial score (nSPS) is 13.4. The maximum absolute atomic E-state index is 9.27. The molecule has 18 rings (SSSR count). The summed E-state index contributed by atoms with van der Waals surface area (Å²) in [5, 5.41) is 28.3. The minimum Gasteiger partial charge on any atom is -0.423 e. The third kappa shape index (κ3) is 8.53. The standard InChI is InChI=1S/C38H27N3S.C19H15BN2O2.C19H14BrNS/c1-38(2)30-23-26(22-29-28-12-6-8-14-32(28)41(35(29)30)34-20-21-42-36(34)38)24-16-18-25(19-17-24)37-39-31-13-7-9-15-33(31)40(37)27-10-4-3-5-11-27;23-20(24)15-12-10-14(11-13-15)19-21-17-8-4-5-9-18(17)22(19)16-6-2-1-3-7-16;1-19(2)14-5-3-4-12-13-10-11(20)6-7-15(13)21(17(12)14)16-8-9-22-18(16)19/h3-23H,1-2H3;1-13,23-24H;3-10H,1-2H3. The molecule has 0 aliphatic carbocycles. The molecule has 0 bridgehead atoms. The van der Waals surface area contributed by atoms with E-state index in [1.54, 1.807) is 12.1 Å². The maximum atomic E-state index is 9.27. The molecule has 12 heteroatoms. The van der Waals surface area contributed by atoms with E-state index in [1.807, 2.05) is 89.4 Å². The summed E-state index contributed by atoms with van der Waals surface area (Å²) in [4.78, 5) is 12.7. The second-order valence-corrected chi connectivity index (χ2v) is 26.5. The number of fused-ring (bicyclic) bond motifs is 12. The second kappa shape index (κ2) is 20.9. The Morgan fingerprint density at radius 1 is 0.386 bits per heavy atom. The van der Waals surface area contributed by atoms with Gasteiger partial charge in [0.05, 0.1) is 55.5 Å². The lowest BCUT2D eigenvalue weighted by molar-refractivity contribution is 0.426. The topological polar surface area (TPSA) is 86.0 Å². The smallest absolute Gasteiger partial charge is 0.423 e. The van der Waals surface area contributed by atoms with Crippen LogP contribution in [0.4, 0.5) is 0 Å². The number of thiophene rings is 2. The van der Waals surface area contributed by atoms with Crippen molar-refractivity contribution in [1.29, 1.82) is 0 Å². The van der Waals surface area contributed by atoms with E-state index in [0.717, 1.165) is 60.7 Å². The molecule has 10 aromatic carbocycles. The van der Waals surface area contributed by atoms with Crippen LogP contribution in [0, 0.1) is 0 Å². The van der Waals surface area contributed by atoms with Crippen LogP contribution in [0.25, 0.3) is 122 Å². The first-order chi connectivity index (χ1) is 42.9. The third-order valence-corrected chi connectivity index (χ3v) is 20.8. The molecule has 0 unspecified atom stereocenters. The van der Waals surface area contributed by atoms with Crippen molar-refractivity contribution in [2.45, 2.75) is 38.5 Å². The zero-order valence-electron chi connectivity index (χ0n) is 48.6. The Morgan fingerprint density at radius 2 is 0.864 bits per heavy atom. The first-order valence-electron chi connectivity index (χ1n) is 29.5. The van der Waals surface area contributed by atoms with Crippen LogP contribution >= 0.6 is 38.6 Å². The minimum absolute atomic E-state index is 0.0601. The lowest BCUT2D eigenvalue weighted by Gasteiger charge is -2.32. The van der Waals surface area contributed by atoms with Crippen molar-refractivity contribution < 1.29 is 10.0 Å². The van der Waals surface area contributed by atoms with Gasteiger partial charge in [-0.3, -0.25) is 9.13 Å². The van der Waals surface area contributed by atoms with Crippen molar-refractivity contribution in [3.05, 3.63) is 279 Å². The molecule has 2 N–H and O–H groups in total. The van der Waals surface area contributed by atoms with E-state index in [0.29, 0.717) is 5.46 Å². The first-order valence-corrected chi connectivity index (χ1v) is 32.1. The van der Waals surface area contributed by atoms with Crippen molar-refractivity contribution in [3.63, 3.8) is 0 Å². The predicted molar refractivity (Wildman–Crippen MR) is 371 cm³/mol. The van der Waals surface area contributed by atoms with Gasteiger partial charge in [-0.25, -0.2) is 9.97 Å². The highest BCUT2D eigenvalue weighted by Crippen LogP contribution is 2.52. The number of hydrogen-bond donors (Lipinski definition) is 2. The summed E-state index contributed by atoms with van der Waals surface area (Å²) in [7, 11) is -1.47. The number of aromatic nitrogens is 6. The SMILES string of the molecule is CC1(C)c2sccc2-n2c3ccc(Br)cc3c3cccc1c32.CC1(C)c2sccc2-n2c3ccccc3c3cc(-c4ccc(-c5nc6ccccc6n5-c5ccccc5)cc4)cc1c32.OB(O)c1ccc(-c2nc3ccccc3n2-c2ccccc2)cc1. The Balaban J connectivity index is 0.000000115. The van der Waals surface area contributed by atoms with Gasteiger partial charge in [-0.05, 0) is 136 Å². The van der Waals surface area contributed by atoms with Crippen LogP contribution in [0.3, 0.4) is 0 Å². The van der Waals surface area contributed by atoms with E-state index < -0.39 is 7.12 Å². The number of para-hydroxylation sites is 8. The zero-order valence-corrected chi connectivity index (χ0v) is 51.8. The van der Waals surface area contributed by atoms with Gasteiger partial charge in [-0.2, -0.15) is 0 Å². The molecule has 0 saturated heterocycles. The molecular formula is C76H56BBrN6O2S2. The second-order valence-electron chi connectivity index (χ2n) is 23.8. The molecule has 2 aliphatic rings. The van der Waals surface area contributed by atoms with Crippen LogP contribution in [0.1, 0.15) is 48.6 Å². The summed E-state index contributed by atoms with van der Waals surface area (Å²) < 4.78 is 10.4. The van der Waals surface area contributed by atoms with E-state index in [9.17, 15) is 10.0 Å². The Labute approximate surface area is 525 Å². The number of halogens is 1. The molecular weight excluding hydrogens is 1180 g/mol. The van der Waals surface area contributed by atoms with Gasteiger partial charge < -0.3 is 19.2 Å². The monoisotopic (exact) mass is 1240 g/mol. The highest BCUT2D eigenvalue weighted by molar-refractivity contribution is 9.10. The van der Waals surface area contributed by atoms with Gasteiger partial charge in [0, 0.05) is 69.1 Å². The summed E-state index contributed by atoms with van der Waals surface area (Å²) in [6.07, 6.45) is 0. The molecule has 8 nitrogen and oxygen atoms in total. The number of imidazole rings is 2. The van der Waals surface area contributed by atoms with E-state index in [1.165, 1.54) is 87.0 Å². The van der Waals surface area contributed by atoms with Crippen LogP contribution in [0.5, 0.6) is 0 Å². The van der Waals surface area contributed by atoms with Crippen LogP contribution in [0.2, 0.25) is 0 Å². The van der Waals surface area contributed by atoms with Crippen molar-refractivity contribution in [1.82, 2.24) is 28.2 Å². The predicted octanol–water partition coefficient (Wildman–Crippen LogP) is 18.8. The Kier molecular flexibility index (Phi) is 12.8. The fourth-order valence-electron chi connectivity index (χ4n) is 13.7. The van der Waals surface area contributed by atoms with Crippen molar-refractivity contribution in [3.8, 4) is 56.7 Å². The summed E-state index contributed by atoms with van der Waals surface area (Å²) in [6, 6.07) is 84.5. The number of rotatable bonds is 6. The Hall–Kier alpha value is -9.40. The van der Waals surface area contributed by atoms with Crippen molar-refractivity contribution >= 4 is 117 Å². The highest BCUT2D eigenvalue weighted by Gasteiger charge is 2.38. The van der Waals surface area contributed by atoms with Crippen LogP contribution in [-0.4, -0.2) is 45.4 Å². The Morgan fingerprint density at radius 3 is 1.44 bits per heavy atom. The number of hydrogen-bond acceptors (Lipinski definition) is 6. The molecule has 6 aromatic heterocycles. The van der Waals surface area contributed by atoms with E-state index in [-0.39, 0.29) is 10.8 Å². The third-order valence-electron chi connectivity index (χ3n) is 17.9. The summed E-state index contributed by atoms with van der Waals surface area (Å²) in [5.41, 5.74) is 21.9. The molecule has 0 amide bonds. The van der Waals surface area contributed by atoms with Gasteiger partial charge >= 0.3 is 7.12 Å². The summed E-state index contributed by atoms with van der Waals surface area (Å²) in [6.45, 7) is 9.43. The average Bonchev–Trinajstić information content (AvgIpc) is 1.74. The molecule has 8 heterocycles. The van der Waals surface area contributed by atoms with Crippen LogP contribution < -0.4 is 5.46 Å². The Bertz CT molecular complexity index is 5380. The van der Waals surface area contributed by atoms with Gasteiger partial charge in [0.1, 0.15) is 11.6 Å². The highest BCUT2D eigenvalue weighted by atomic mass is 79.9. The molecule has 0 fully saturated rings. The number of nitrogens with zero attached hydrogens (tertiary/aromatic N) is 6. The number of benzene rings is 10. The minimum atomic E-state index is -1.47. The van der Waals surface area contributed by atoms with E-state index >= 15 is 0 Å². The molecule has 0 radical (unpaired) electrons. The maximum Gasteiger partial charge on any atom is 0.488 e. The summed E-state index contributed by atoms with van der Waals surface area (Å²) >= 11 is 7.35. The largest absolute Gasteiger partial charge is 0.488 e. The quantitative estimate of drug-likeness (QED) is 0.162. The fourth-order valence-corrected chi connectivity index (χ4v) is 16.1. The lowest BCUT2D eigenvalue weighted by Crippen LogP contribution is -2.29. The van der Waals surface area contributed by atoms with Crippen LogP contribution in [-0.2, 0) is 10.8 Å². The summed E-state index contributed by atoms with van der Waals surface area (Å²) in [5.74, 6) is 1.77. The van der Waals surface area contributed by atoms with E-state index in [2.05, 4.69) is 236 Å². The van der Waals surface area contributed by atoms with E-state index in [4.69, 9.17) is 9.97 Å².